The number of aromatic nitrogens is 4. The molecule has 2 aromatic carbocycles. The van der Waals surface area contributed by atoms with E-state index in [1.807, 2.05) is 12.1 Å². The minimum Gasteiger partial charge on any atom is -0.491 e. The number of aromatic carboxylic acids is 1. The third-order valence-electron chi connectivity index (χ3n) is 4.31. The van der Waals surface area contributed by atoms with Crippen LogP contribution in [0.2, 0.25) is 0 Å². The number of carboxylic acids is 1. The first kappa shape index (κ1) is 19.2. The molecule has 2 aromatic heterocycles. The third kappa shape index (κ3) is 3.84. The average Bonchev–Trinajstić information content (AvgIpc) is 3.19. The molecule has 2 heterocycles. The molecule has 0 aliphatic rings. The highest BCUT2D eigenvalue weighted by Crippen LogP contribution is 2.31. The van der Waals surface area contributed by atoms with Gasteiger partial charge in [-0.05, 0) is 30.3 Å². The van der Waals surface area contributed by atoms with Gasteiger partial charge in [0.2, 0.25) is 5.95 Å². The number of nitrogens with zero attached hydrogens (tertiary/aromatic N) is 3. The molecule has 4 aromatic rings. The number of aliphatic hydroxyl groups is 1. The Morgan fingerprint density at radius 3 is 2.87 bits per heavy atom. The van der Waals surface area contributed by atoms with Crippen LogP contribution in [0.3, 0.4) is 0 Å². The SMILES string of the molecule is Nc1nc(Nc2ccc3[nH]ncc3c2)c(C(=O)O)c(-c2cccc(OCCO)c2)n1. The van der Waals surface area contributed by atoms with Gasteiger partial charge in [0.25, 0.3) is 0 Å². The maximum atomic E-state index is 12.1. The summed E-state index contributed by atoms with van der Waals surface area (Å²) in [5, 5.41) is 29.5. The van der Waals surface area contributed by atoms with Crippen molar-refractivity contribution in [2.45, 2.75) is 0 Å². The van der Waals surface area contributed by atoms with Crippen LogP contribution in [0.1, 0.15) is 10.4 Å². The van der Waals surface area contributed by atoms with E-state index >= 15 is 0 Å². The standard InChI is InChI=1S/C20H18N6O4/c21-20-24-17(11-2-1-3-14(9-11)30-7-6-27)16(19(28)29)18(25-20)23-13-4-5-15-12(8-13)10-22-26-15/h1-5,8-10,27H,6-7H2,(H,22,26)(H,28,29)(H3,21,23,24,25). The number of nitrogen functional groups attached to an aromatic ring is 1. The van der Waals surface area contributed by atoms with Gasteiger partial charge in [0.15, 0.2) is 5.82 Å². The summed E-state index contributed by atoms with van der Waals surface area (Å²) >= 11 is 0. The van der Waals surface area contributed by atoms with Crippen molar-refractivity contribution >= 4 is 34.3 Å². The summed E-state index contributed by atoms with van der Waals surface area (Å²) in [5.41, 5.74) is 7.86. The zero-order valence-corrected chi connectivity index (χ0v) is 15.7. The van der Waals surface area contributed by atoms with Gasteiger partial charge in [0, 0.05) is 16.6 Å². The fourth-order valence-electron chi connectivity index (χ4n) is 3.03. The maximum Gasteiger partial charge on any atom is 0.341 e. The van der Waals surface area contributed by atoms with Gasteiger partial charge < -0.3 is 26.0 Å². The van der Waals surface area contributed by atoms with E-state index in [4.69, 9.17) is 15.6 Å². The molecule has 0 bridgehead atoms. The number of anilines is 3. The lowest BCUT2D eigenvalue weighted by Crippen LogP contribution is -2.11. The summed E-state index contributed by atoms with van der Waals surface area (Å²) in [7, 11) is 0. The highest BCUT2D eigenvalue weighted by atomic mass is 16.5. The van der Waals surface area contributed by atoms with Crippen molar-refractivity contribution in [3.05, 3.63) is 54.2 Å². The summed E-state index contributed by atoms with van der Waals surface area (Å²) in [6.07, 6.45) is 1.66. The summed E-state index contributed by atoms with van der Waals surface area (Å²) in [6, 6.07) is 12.1. The van der Waals surface area contributed by atoms with Crippen LogP contribution in [0.4, 0.5) is 17.5 Å². The van der Waals surface area contributed by atoms with Crippen molar-refractivity contribution in [1.29, 1.82) is 0 Å². The van der Waals surface area contributed by atoms with Crippen LogP contribution < -0.4 is 15.8 Å². The number of benzene rings is 2. The first-order valence-corrected chi connectivity index (χ1v) is 9.00. The molecule has 0 saturated carbocycles. The largest absolute Gasteiger partial charge is 0.491 e. The van der Waals surface area contributed by atoms with E-state index in [-0.39, 0.29) is 36.2 Å². The number of aromatic amines is 1. The van der Waals surface area contributed by atoms with Gasteiger partial charge in [-0.25, -0.2) is 9.78 Å². The van der Waals surface area contributed by atoms with Gasteiger partial charge in [-0.2, -0.15) is 10.1 Å². The topological polar surface area (TPSA) is 159 Å². The Balaban J connectivity index is 1.78. The van der Waals surface area contributed by atoms with E-state index in [2.05, 4.69) is 25.5 Å². The molecule has 0 unspecified atom stereocenters. The number of nitrogens with one attached hydrogen (secondary N) is 2. The highest BCUT2D eigenvalue weighted by Gasteiger charge is 2.22. The van der Waals surface area contributed by atoms with Gasteiger partial charge in [-0.1, -0.05) is 12.1 Å². The molecule has 10 nitrogen and oxygen atoms in total. The predicted molar refractivity (Wildman–Crippen MR) is 111 cm³/mol. The average molecular weight is 406 g/mol. The summed E-state index contributed by atoms with van der Waals surface area (Å²) in [4.78, 5) is 20.4. The predicted octanol–water partition coefficient (Wildman–Crippen LogP) is 2.42. The third-order valence-corrected chi connectivity index (χ3v) is 4.31. The number of fused-ring (bicyclic) bond motifs is 1. The Morgan fingerprint density at radius 1 is 1.20 bits per heavy atom. The molecule has 4 rings (SSSR count). The van der Waals surface area contributed by atoms with Crippen LogP contribution in [0.15, 0.2) is 48.7 Å². The van der Waals surface area contributed by atoms with Crippen LogP contribution >= 0.6 is 0 Å². The van der Waals surface area contributed by atoms with E-state index in [0.717, 1.165) is 10.9 Å². The smallest absolute Gasteiger partial charge is 0.341 e. The molecular formula is C20H18N6O4. The van der Waals surface area contributed by atoms with Crippen molar-refractivity contribution in [1.82, 2.24) is 20.2 Å². The molecule has 30 heavy (non-hydrogen) atoms. The lowest BCUT2D eigenvalue weighted by Gasteiger charge is -2.14. The number of aliphatic hydroxyl groups excluding tert-OH is 1. The molecule has 0 spiro atoms. The number of carbonyl (C=O) groups is 1. The number of carboxylic acid groups (broad SMARTS) is 1. The molecule has 6 N–H and O–H groups in total. The molecule has 0 saturated heterocycles. The number of nitrogens with two attached hydrogens (primary N) is 1. The van der Waals surface area contributed by atoms with Gasteiger partial charge in [-0.15, -0.1) is 0 Å². The molecule has 0 atom stereocenters. The molecule has 0 aliphatic carbocycles. The van der Waals surface area contributed by atoms with E-state index in [1.165, 1.54) is 0 Å². The Kier molecular flexibility index (Phi) is 5.14. The van der Waals surface area contributed by atoms with Crippen LogP contribution in [-0.2, 0) is 0 Å². The number of ether oxygens (including phenoxy) is 1. The Bertz CT molecular complexity index is 1220. The Morgan fingerprint density at radius 2 is 2.07 bits per heavy atom. The van der Waals surface area contributed by atoms with Crippen molar-refractivity contribution in [2.75, 3.05) is 24.3 Å². The first-order chi connectivity index (χ1) is 14.5. The number of rotatable bonds is 7. The second-order valence-electron chi connectivity index (χ2n) is 6.36. The minimum atomic E-state index is -1.21. The van der Waals surface area contributed by atoms with Crippen LogP contribution in [0, 0.1) is 0 Å². The van der Waals surface area contributed by atoms with Crippen LogP contribution in [-0.4, -0.2) is 49.6 Å². The van der Waals surface area contributed by atoms with E-state index < -0.39 is 5.97 Å². The lowest BCUT2D eigenvalue weighted by molar-refractivity contribution is 0.0698. The highest BCUT2D eigenvalue weighted by molar-refractivity contribution is 6.01. The second-order valence-corrected chi connectivity index (χ2v) is 6.36. The fourth-order valence-corrected chi connectivity index (χ4v) is 3.03. The molecule has 0 radical (unpaired) electrons. The van der Waals surface area contributed by atoms with Crippen molar-refractivity contribution in [3.63, 3.8) is 0 Å². The zero-order valence-electron chi connectivity index (χ0n) is 15.7. The molecule has 0 aliphatic heterocycles. The monoisotopic (exact) mass is 406 g/mol. The summed E-state index contributed by atoms with van der Waals surface area (Å²) in [5.74, 6) is -0.758. The second kappa shape index (κ2) is 8.05. The molecule has 0 amide bonds. The van der Waals surface area contributed by atoms with E-state index in [0.29, 0.717) is 17.0 Å². The molecule has 152 valence electrons. The Hall–Kier alpha value is -4.18. The first-order valence-electron chi connectivity index (χ1n) is 9.00. The normalized spacial score (nSPS) is 10.8. The summed E-state index contributed by atoms with van der Waals surface area (Å²) in [6.45, 7) is -0.0232. The maximum absolute atomic E-state index is 12.1. The number of hydrogen-bond acceptors (Lipinski definition) is 8. The van der Waals surface area contributed by atoms with Gasteiger partial charge >= 0.3 is 5.97 Å². The molecule has 10 heteroatoms. The summed E-state index contributed by atoms with van der Waals surface area (Å²) < 4.78 is 5.41. The molecule has 0 fully saturated rings. The van der Waals surface area contributed by atoms with Crippen LogP contribution in [0.25, 0.3) is 22.2 Å². The van der Waals surface area contributed by atoms with Crippen LogP contribution in [0.5, 0.6) is 5.75 Å². The van der Waals surface area contributed by atoms with Crippen molar-refractivity contribution in [2.24, 2.45) is 0 Å². The van der Waals surface area contributed by atoms with E-state index in [9.17, 15) is 9.90 Å². The van der Waals surface area contributed by atoms with Gasteiger partial charge in [0.05, 0.1) is 24.0 Å². The minimum absolute atomic E-state index is 0.0644. The lowest BCUT2D eigenvalue weighted by atomic mass is 10.1. The van der Waals surface area contributed by atoms with E-state index in [1.54, 1.807) is 36.5 Å². The van der Waals surface area contributed by atoms with Crippen molar-refractivity contribution < 1.29 is 19.7 Å². The van der Waals surface area contributed by atoms with Gasteiger partial charge in [0.1, 0.15) is 17.9 Å². The van der Waals surface area contributed by atoms with Gasteiger partial charge in [-0.3, -0.25) is 5.10 Å². The quantitative estimate of drug-likeness (QED) is 0.310. The number of H-pyrrole nitrogens is 1. The fraction of sp³-hybridized carbons (Fsp3) is 0.100. The molecular weight excluding hydrogens is 388 g/mol. The van der Waals surface area contributed by atoms with Crippen molar-refractivity contribution in [3.8, 4) is 17.0 Å². The Labute approximate surface area is 170 Å². The number of hydrogen-bond donors (Lipinski definition) is 5. The zero-order chi connectivity index (χ0) is 21.1.